The van der Waals surface area contributed by atoms with Gasteiger partial charge in [0.1, 0.15) is 0 Å². The Morgan fingerprint density at radius 2 is 2.40 bits per heavy atom. The largest absolute Gasteiger partial charge is 0.481 e. The zero-order valence-electron chi connectivity index (χ0n) is 9.03. The standard InChI is InChI=1S/C12H15NO2/c1-4-12(3,11(14)15)8-10-9(2)6-5-7-13-10/h4-7H,1,8H2,2-3H3,(H,14,15). The molecule has 0 saturated heterocycles. The summed E-state index contributed by atoms with van der Waals surface area (Å²) in [6.45, 7) is 7.14. The van der Waals surface area contributed by atoms with E-state index >= 15 is 0 Å². The van der Waals surface area contributed by atoms with Gasteiger partial charge in [0.2, 0.25) is 0 Å². The minimum atomic E-state index is -0.945. The lowest BCUT2D eigenvalue weighted by molar-refractivity contribution is -0.145. The Morgan fingerprint density at radius 1 is 1.73 bits per heavy atom. The van der Waals surface area contributed by atoms with E-state index in [4.69, 9.17) is 5.11 Å². The fourth-order valence-electron chi connectivity index (χ4n) is 1.29. The average molecular weight is 205 g/mol. The molecule has 0 amide bonds. The van der Waals surface area contributed by atoms with E-state index in [2.05, 4.69) is 11.6 Å². The highest BCUT2D eigenvalue weighted by Crippen LogP contribution is 2.24. The van der Waals surface area contributed by atoms with Crippen molar-refractivity contribution in [2.45, 2.75) is 20.3 Å². The molecule has 0 aliphatic rings. The normalized spacial score (nSPS) is 14.3. The minimum absolute atomic E-state index is 0.374. The van der Waals surface area contributed by atoms with E-state index in [1.54, 1.807) is 13.1 Å². The van der Waals surface area contributed by atoms with Crippen LogP contribution in [-0.2, 0) is 11.2 Å². The van der Waals surface area contributed by atoms with Gasteiger partial charge in [-0.15, -0.1) is 6.58 Å². The summed E-state index contributed by atoms with van der Waals surface area (Å²) in [7, 11) is 0. The molecule has 15 heavy (non-hydrogen) atoms. The Hall–Kier alpha value is -1.64. The first-order valence-electron chi connectivity index (χ1n) is 4.77. The van der Waals surface area contributed by atoms with Crippen LogP contribution >= 0.6 is 0 Å². The highest BCUT2D eigenvalue weighted by atomic mass is 16.4. The van der Waals surface area contributed by atoms with Gasteiger partial charge in [-0.1, -0.05) is 12.1 Å². The van der Waals surface area contributed by atoms with Crippen LogP contribution in [0.2, 0.25) is 0 Å². The summed E-state index contributed by atoms with van der Waals surface area (Å²) in [5, 5.41) is 9.09. The summed E-state index contributed by atoms with van der Waals surface area (Å²) in [5.74, 6) is -0.873. The third kappa shape index (κ3) is 2.43. The second-order valence-corrected chi connectivity index (χ2v) is 3.87. The first-order valence-corrected chi connectivity index (χ1v) is 4.77. The molecule has 0 aliphatic carbocycles. The highest BCUT2D eigenvalue weighted by Gasteiger charge is 2.30. The van der Waals surface area contributed by atoms with Gasteiger partial charge in [0.05, 0.1) is 5.41 Å². The zero-order chi connectivity index (χ0) is 11.5. The van der Waals surface area contributed by atoms with Gasteiger partial charge in [0.15, 0.2) is 0 Å². The number of hydrogen-bond acceptors (Lipinski definition) is 2. The van der Waals surface area contributed by atoms with Gasteiger partial charge in [-0.25, -0.2) is 0 Å². The second kappa shape index (κ2) is 4.26. The number of pyridine rings is 1. The van der Waals surface area contributed by atoms with Crippen molar-refractivity contribution >= 4 is 5.97 Å². The van der Waals surface area contributed by atoms with E-state index in [1.807, 2.05) is 19.1 Å². The van der Waals surface area contributed by atoms with Crippen LogP contribution < -0.4 is 0 Å². The number of aromatic nitrogens is 1. The molecule has 1 aromatic heterocycles. The molecule has 0 radical (unpaired) electrons. The van der Waals surface area contributed by atoms with Crippen molar-refractivity contribution in [3.63, 3.8) is 0 Å². The van der Waals surface area contributed by atoms with Gasteiger partial charge >= 0.3 is 5.97 Å². The van der Waals surface area contributed by atoms with E-state index in [0.717, 1.165) is 11.3 Å². The lowest BCUT2D eigenvalue weighted by atomic mass is 9.84. The Labute approximate surface area is 89.5 Å². The first-order chi connectivity index (χ1) is 6.99. The quantitative estimate of drug-likeness (QED) is 0.767. The van der Waals surface area contributed by atoms with Crippen LogP contribution in [0.25, 0.3) is 0 Å². The number of aryl methyl sites for hydroxylation is 1. The zero-order valence-corrected chi connectivity index (χ0v) is 9.03. The predicted octanol–water partition coefficient (Wildman–Crippen LogP) is 2.21. The molecule has 3 heteroatoms. The number of aliphatic carboxylic acids is 1. The fraction of sp³-hybridized carbons (Fsp3) is 0.333. The Bertz CT molecular complexity index is 387. The summed E-state index contributed by atoms with van der Waals surface area (Å²) in [6.07, 6.45) is 3.51. The van der Waals surface area contributed by atoms with Gasteiger partial charge < -0.3 is 5.11 Å². The van der Waals surface area contributed by atoms with Gasteiger partial charge in [0.25, 0.3) is 0 Å². The number of hydrogen-bond donors (Lipinski definition) is 1. The molecule has 1 aromatic rings. The average Bonchev–Trinajstić information content (AvgIpc) is 2.21. The van der Waals surface area contributed by atoms with Gasteiger partial charge in [-0.3, -0.25) is 9.78 Å². The van der Waals surface area contributed by atoms with Crippen molar-refractivity contribution in [3.8, 4) is 0 Å². The fourth-order valence-corrected chi connectivity index (χ4v) is 1.29. The van der Waals surface area contributed by atoms with E-state index in [0.29, 0.717) is 6.42 Å². The summed E-state index contributed by atoms with van der Waals surface area (Å²) in [5.41, 5.74) is 0.869. The molecule has 1 N–H and O–H groups in total. The molecule has 1 rings (SSSR count). The van der Waals surface area contributed by atoms with Crippen LogP contribution in [0.4, 0.5) is 0 Å². The maximum Gasteiger partial charge on any atom is 0.313 e. The minimum Gasteiger partial charge on any atom is -0.481 e. The van der Waals surface area contributed by atoms with E-state index in [9.17, 15) is 4.79 Å². The number of carboxylic acids is 1. The molecule has 0 spiro atoms. The molecule has 1 unspecified atom stereocenters. The van der Waals surface area contributed by atoms with Crippen molar-refractivity contribution in [2.75, 3.05) is 0 Å². The smallest absolute Gasteiger partial charge is 0.313 e. The number of carbonyl (C=O) groups is 1. The maximum atomic E-state index is 11.1. The Balaban J connectivity index is 2.99. The molecule has 80 valence electrons. The van der Waals surface area contributed by atoms with Crippen LogP contribution in [0.3, 0.4) is 0 Å². The lowest BCUT2D eigenvalue weighted by Gasteiger charge is -2.20. The third-order valence-electron chi connectivity index (χ3n) is 2.59. The molecule has 0 aliphatic heterocycles. The first kappa shape index (κ1) is 11.4. The SMILES string of the molecule is C=CC(C)(Cc1ncccc1C)C(=O)O. The van der Waals surface area contributed by atoms with E-state index in [1.165, 1.54) is 6.08 Å². The molecular formula is C12H15NO2. The maximum absolute atomic E-state index is 11.1. The summed E-state index contributed by atoms with van der Waals surface area (Å²) in [4.78, 5) is 15.3. The molecule has 1 heterocycles. The van der Waals surface area contributed by atoms with Crippen molar-refractivity contribution in [2.24, 2.45) is 5.41 Å². The van der Waals surface area contributed by atoms with Crippen LogP contribution in [-0.4, -0.2) is 16.1 Å². The monoisotopic (exact) mass is 205 g/mol. The topological polar surface area (TPSA) is 50.2 Å². The van der Waals surface area contributed by atoms with Crippen molar-refractivity contribution < 1.29 is 9.90 Å². The Morgan fingerprint density at radius 3 is 2.87 bits per heavy atom. The molecule has 0 fully saturated rings. The van der Waals surface area contributed by atoms with E-state index < -0.39 is 11.4 Å². The van der Waals surface area contributed by atoms with Crippen LogP contribution in [0.1, 0.15) is 18.2 Å². The summed E-state index contributed by atoms with van der Waals surface area (Å²) in [6, 6.07) is 3.76. The lowest BCUT2D eigenvalue weighted by Crippen LogP contribution is -2.28. The highest BCUT2D eigenvalue weighted by molar-refractivity contribution is 5.76. The van der Waals surface area contributed by atoms with Crippen molar-refractivity contribution in [1.82, 2.24) is 4.98 Å². The number of rotatable bonds is 4. The summed E-state index contributed by atoms with van der Waals surface area (Å²) >= 11 is 0. The van der Waals surface area contributed by atoms with Crippen molar-refractivity contribution in [1.29, 1.82) is 0 Å². The number of carboxylic acid groups (broad SMARTS) is 1. The summed E-state index contributed by atoms with van der Waals surface area (Å²) < 4.78 is 0. The third-order valence-corrected chi connectivity index (χ3v) is 2.59. The molecule has 3 nitrogen and oxygen atoms in total. The van der Waals surface area contributed by atoms with Gasteiger partial charge in [-0.2, -0.15) is 0 Å². The molecule has 0 bridgehead atoms. The number of nitrogens with zero attached hydrogens (tertiary/aromatic N) is 1. The van der Waals surface area contributed by atoms with Crippen LogP contribution in [0.5, 0.6) is 0 Å². The second-order valence-electron chi connectivity index (χ2n) is 3.87. The van der Waals surface area contributed by atoms with Gasteiger partial charge in [0, 0.05) is 18.3 Å². The Kier molecular flexibility index (Phi) is 3.24. The molecule has 1 atom stereocenters. The van der Waals surface area contributed by atoms with Crippen LogP contribution in [0.15, 0.2) is 31.0 Å². The molecule has 0 saturated carbocycles. The van der Waals surface area contributed by atoms with E-state index in [-0.39, 0.29) is 0 Å². The predicted molar refractivity (Wildman–Crippen MR) is 58.6 cm³/mol. The molecular weight excluding hydrogens is 190 g/mol. The molecule has 0 aromatic carbocycles. The van der Waals surface area contributed by atoms with Gasteiger partial charge in [-0.05, 0) is 25.5 Å². The van der Waals surface area contributed by atoms with Crippen molar-refractivity contribution in [3.05, 3.63) is 42.2 Å². The van der Waals surface area contributed by atoms with Crippen LogP contribution in [0, 0.1) is 12.3 Å².